The van der Waals surface area contributed by atoms with Crippen molar-refractivity contribution in [2.24, 2.45) is 5.10 Å². The topological polar surface area (TPSA) is 65.7 Å². The summed E-state index contributed by atoms with van der Waals surface area (Å²) in [7, 11) is 2.82. The van der Waals surface area contributed by atoms with E-state index >= 15 is 0 Å². The van der Waals surface area contributed by atoms with E-state index in [9.17, 15) is 4.79 Å². The predicted molar refractivity (Wildman–Crippen MR) is 72.5 cm³/mol. The molecule has 0 aliphatic carbocycles. The summed E-state index contributed by atoms with van der Waals surface area (Å²) in [6.07, 6.45) is 2.87. The van der Waals surface area contributed by atoms with Gasteiger partial charge in [-0.05, 0) is 17.7 Å². The number of hydrazone groups is 1. The van der Waals surface area contributed by atoms with Gasteiger partial charge in [0.1, 0.15) is 6.07 Å². The molecule has 0 fully saturated rings. The Morgan fingerprint density at radius 3 is 2.63 bits per heavy atom. The van der Waals surface area contributed by atoms with E-state index in [0.29, 0.717) is 5.02 Å². The average molecular weight is 278 g/mol. The van der Waals surface area contributed by atoms with E-state index in [2.05, 4.69) is 9.84 Å². The number of hydrogen-bond acceptors (Lipinski definition) is 5. The zero-order chi connectivity index (χ0) is 14.3. The largest absolute Gasteiger partial charge is 0.465 e. The molecular weight excluding hydrogens is 266 g/mol. The van der Waals surface area contributed by atoms with Crippen molar-refractivity contribution in [1.29, 1.82) is 5.26 Å². The average Bonchev–Trinajstić information content (AvgIpc) is 2.43. The molecule has 1 rings (SSSR count). The van der Waals surface area contributed by atoms with Gasteiger partial charge in [-0.1, -0.05) is 23.7 Å². The molecule has 6 heteroatoms. The van der Waals surface area contributed by atoms with Crippen LogP contribution in [0.25, 0.3) is 0 Å². The van der Waals surface area contributed by atoms with Crippen LogP contribution >= 0.6 is 11.6 Å². The molecular formula is C13H12ClN3O2. The molecule has 0 amide bonds. The van der Waals surface area contributed by atoms with Crippen LogP contribution in [0.2, 0.25) is 5.02 Å². The van der Waals surface area contributed by atoms with Gasteiger partial charge >= 0.3 is 5.97 Å². The van der Waals surface area contributed by atoms with Gasteiger partial charge in [0.2, 0.25) is 0 Å². The van der Waals surface area contributed by atoms with Crippen molar-refractivity contribution >= 4 is 23.8 Å². The first-order valence-corrected chi connectivity index (χ1v) is 5.67. The lowest BCUT2D eigenvalue weighted by Crippen LogP contribution is -2.09. The number of nitrogens with zero attached hydrogens (tertiary/aromatic N) is 3. The van der Waals surface area contributed by atoms with Gasteiger partial charge in [-0.2, -0.15) is 10.4 Å². The van der Waals surface area contributed by atoms with Gasteiger partial charge < -0.3 is 4.74 Å². The maximum Gasteiger partial charge on any atom is 0.350 e. The molecule has 0 aromatic heterocycles. The molecule has 0 unspecified atom stereocenters. The summed E-state index contributed by atoms with van der Waals surface area (Å²) in [5.74, 6) is -0.698. The number of methoxy groups -OCH3 is 1. The number of carbonyl (C=O) groups excluding carboxylic acids is 1. The zero-order valence-corrected chi connectivity index (χ0v) is 11.3. The highest BCUT2D eigenvalue weighted by Gasteiger charge is 2.08. The molecule has 98 valence electrons. The van der Waals surface area contributed by atoms with Gasteiger partial charge in [0.15, 0.2) is 5.57 Å². The van der Waals surface area contributed by atoms with E-state index < -0.39 is 5.97 Å². The summed E-state index contributed by atoms with van der Waals surface area (Å²) in [6.45, 7) is 0. The van der Waals surface area contributed by atoms with Crippen molar-refractivity contribution in [2.75, 3.05) is 14.2 Å². The zero-order valence-electron chi connectivity index (χ0n) is 10.5. The summed E-state index contributed by atoms with van der Waals surface area (Å²) in [6, 6.07) is 8.83. The van der Waals surface area contributed by atoms with Crippen LogP contribution in [-0.2, 0) is 9.53 Å². The molecule has 0 saturated carbocycles. The fourth-order valence-electron chi connectivity index (χ4n) is 1.16. The molecule has 0 N–H and O–H groups in total. The number of carbonyl (C=O) groups is 1. The number of halogens is 1. The second-order valence-electron chi connectivity index (χ2n) is 3.52. The maximum atomic E-state index is 11.2. The van der Waals surface area contributed by atoms with Crippen molar-refractivity contribution in [1.82, 2.24) is 5.01 Å². The second kappa shape index (κ2) is 7.19. The summed E-state index contributed by atoms with van der Waals surface area (Å²) in [5.41, 5.74) is 0.722. The molecule has 1 aromatic carbocycles. The van der Waals surface area contributed by atoms with Crippen LogP contribution in [-0.4, -0.2) is 31.4 Å². The summed E-state index contributed by atoms with van der Waals surface area (Å²) in [4.78, 5) is 11.2. The molecule has 19 heavy (non-hydrogen) atoms. The molecule has 0 spiro atoms. The number of rotatable bonds is 4. The normalized spacial score (nSPS) is 11.2. The molecule has 0 radical (unpaired) electrons. The number of esters is 1. The van der Waals surface area contributed by atoms with Gasteiger partial charge in [-0.25, -0.2) is 4.79 Å². The summed E-state index contributed by atoms with van der Waals surface area (Å²) >= 11 is 5.76. The minimum atomic E-state index is -0.698. The molecule has 0 aliphatic rings. The van der Waals surface area contributed by atoms with Crippen LogP contribution in [0.15, 0.2) is 41.1 Å². The summed E-state index contributed by atoms with van der Waals surface area (Å²) < 4.78 is 4.46. The van der Waals surface area contributed by atoms with Gasteiger partial charge in [0.25, 0.3) is 0 Å². The maximum absolute atomic E-state index is 11.2. The van der Waals surface area contributed by atoms with Crippen molar-refractivity contribution < 1.29 is 9.53 Å². The lowest BCUT2D eigenvalue weighted by atomic mass is 10.2. The Bertz CT molecular complexity index is 544. The third-order valence-electron chi connectivity index (χ3n) is 2.10. The molecule has 0 bridgehead atoms. The van der Waals surface area contributed by atoms with Crippen LogP contribution in [0.4, 0.5) is 0 Å². The Hall–Kier alpha value is -2.32. The first kappa shape index (κ1) is 14.7. The number of benzene rings is 1. The minimum Gasteiger partial charge on any atom is -0.465 e. The molecule has 0 aliphatic heterocycles. The smallest absolute Gasteiger partial charge is 0.350 e. The molecule has 0 atom stereocenters. The van der Waals surface area contributed by atoms with E-state index in [0.717, 1.165) is 5.56 Å². The highest BCUT2D eigenvalue weighted by Crippen LogP contribution is 2.08. The number of nitriles is 1. The van der Waals surface area contributed by atoms with E-state index in [1.54, 1.807) is 43.6 Å². The van der Waals surface area contributed by atoms with Crippen LogP contribution in [0.1, 0.15) is 5.56 Å². The molecule has 0 heterocycles. The van der Waals surface area contributed by atoms with Crippen LogP contribution in [0.5, 0.6) is 0 Å². The molecule has 1 aromatic rings. The first-order chi connectivity index (χ1) is 9.06. The second-order valence-corrected chi connectivity index (χ2v) is 3.95. The molecule has 0 saturated heterocycles. The van der Waals surface area contributed by atoms with Gasteiger partial charge in [-0.15, -0.1) is 0 Å². The van der Waals surface area contributed by atoms with Crippen LogP contribution in [0, 0.1) is 11.3 Å². The minimum absolute atomic E-state index is 0.127. The van der Waals surface area contributed by atoms with Crippen LogP contribution < -0.4 is 0 Å². The Balaban J connectivity index is 2.76. The molecule has 5 nitrogen and oxygen atoms in total. The Morgan fingerprint density at radius 1 is 1.47 bits per heavy atom. The SMILES string of the molecule is COC(=O)/C(C#N)=C/N(C)/N=C/c1ccc(Cl)cc1. The first-order valence-electron chi connectivity index (χ1n) is 5.29. The van der Waals surface area contributed by atoms with Crippen molar-refractivity contribution in [3.63, 3.8) is 0 Å². The third-order valence-corrected chi connectivity index (χ3v) is 2.35. The highest BCUT2D eigenvalue weighted by molar-refractivity contribution is 6.30. The van der Waals surface area contributed by atoms with E-state index in [1.165, 1.54) is 18.3 Å². The third kappa shape index (κ3) is 4.82. The lowest BCUT2D eigenvalue weighted by Gasteiger charge is -2.06. The number of hydrogen-bond donors (Lipinski definition) is 0. The highest BCUT2D eigenvalue weighted by atomic mass is 35.5. The van der Waals surface area contributed by atoms with Crippen molar-refractivity contribution in [3.8, 4) is 6.07 Å². The Morgan fingerprint density at radius 2 is 2.11 bits per heavy atom. The quantitative estimate of drug-likeness (QED) is 0.278. The van der Waals surface area contributed by atoms with Gasteiger partial charge in [0.05, 0.1) is 13.3 Å². The van der Waals surface area contributed by atoms with Crippen molar-refractivity contribution in [2.45, 2.75) is 0 Å². The van der Waals surface area contributed by atoms with E-state index in [-0.39, 0.29) is 5.57 Å². The fourth-order valence-corrected chi connectivity index (χ4v) is 1.29. The van der Waals surface area contributed by atoms with Gasteiger partial charge in [0, 0.05) is 18.3 Å². The van der Waals surface area contributed by atoms with E-state index in [4.69, 9.17) is 16.9 Å². The van der Waals surface area contributed by atoms with Gasteiger partial charge in [-0.3, -0.25) is 5.01 Å². The monoisotopic (exact) mass is 277 g/mol. The fraction of sp³-hybridized carbons (Fsp3) is 0.154. The van der Waals surface area contributed by atoms with E-state index in [1.807, 2.05) is 0 Å². The Labute approximate surface area is 116 Å². The van der Waals surface area contributed by atoms with Crippen LogP contribution in [0.3, 0.4) is 0 Å². The lowest BCUT2D eigenvalue weighted by molar-refractivity contribution is -0.135. The van der Waals surface area contributed by atoms with Crippen molar-refractivity contribution in [3.05, 3.63) is 46.6 Å². The predicted octanol–water partition coefficient (Wildman–Crippen LogP) is 2.19. The standard InChI is InChI=1S/C13H12ClN3O2/c1-17(9-11(7-15)13(18)19-2)16-8-10-3-5-12(14)6-4-10/h3-6,8-9H,1-2H3/b11-9+,16-8+. The summed E-state index contributed by atoms with van der Waals surface area (Å²) in [5, 5.41) is 14.8. The number of ether oxygens (including phenoxy) is 1. The Kier molecular flexibility index (Phi) is 5.58.